The van der Waals surface area contributed by atoms with Gasteiger partial charge in [-0.15, -0.1) is 0 Å². The third-order valence-electron chi connectivity index (χ3n) is 4.43. The second-order valence-corrected chi connectivity index (χ2v) is 9.59. The van der Waals surface area contributed by atoms with Crippen molar-refractivity contribution < 1.29 is 17.9 Å². The number of hydrogen-bond donors (Lipinski definition) is 2. The lowest BCUT2D eigenvalue weighted by atomic mass is 9.89. The van der Waals surface area contributed by atoms with E-state index in [9.17, 15) is 13.2 Å². The normalized spacial score (nSPS) is 16.3. The van der Waals surface area contributed by atoms with Crippen molar-refractivity contribution in [2.75, 3.05) is 13.7 Å². The predicted molar refractivity (Wildman–Crippen MR) is 102 cm³/mol. The van der Waals surface area contributed by atoms with E-state index in [1.165, 1.54) is 38.5 Å². The van der Waals surface area contributed by atoms with Crippen molar-refractivity contribution in [3.05, 3.63) is 23.8 Å². The van der Waals surface area contributed by atoms with Crippen LogP contribution in [0.5, 0.6) is 5.75 Å². The van der Waals surface area contributed by atoms with Crippen LogP contribution in [-0.4, -0.2) is 33.5 Å². The molecular weight excluding hydrogens is 352 g/mol. The Hall–Kier alpha value is -1.60. The fourth-order valence-corrected chi connectivity index (χ4v) is 4.83. The molecule has 0 aromatic heterocycles. The van der Waals surface area contributed by atoms with E-state index in [1.54, 1.807) is 26.8 Å². The standard InChI is InChI=1S/C19H30N2O4S/c1-19(2,3)21-26(23,24)17-12-15(10-11-16(17)25-4)18(22)20-13-14-8-6-5-7-9-14/h10-12,14,21H,5-9,13H2,1-4H3,(H,20,22). The first kappa shape index (κ1) is 20.7. The highest BCUT2D eigenvalue weighted by Gasteiger charge is 2.26. The lowest BCUT2D eigenvalue weighted by Crippen LogP contribution is -2.40. The third kappa shape index (κ3) is 5.71. The third-order valence-corrected chi connectivity index (χ3v) is 6.21. The molecule has 2 rings (SSSR count). The molecule has 0 radical (unpaired) electrons. The predicted octanol–water partition coefficient (Wildman–Crippen LogP) is 3.08. The van der Waals surface area contributed by atoms with Gasteiger partial charge in [0, 0.05) is 17.6 Å². The summed E-state index contributed by atoms with van der Waals surface area (Å²) in [5.74, 6) is 0.465. The maximum atomic E-state index is 12.7. The van der Waals surface area contributed by atoms with Crippen LogP contribution < -0.4 is 14.8 Å². The molecule has 2 N–H and O–H groups in total. The number of carbonyl (C=O) groups excluding carboxylic acids is 1. The molecular formula is C19H30N2O4S. The number of sulfonamides is 1. The van der Waals surface area contributed by atoms with Gasteiger partial charge in [0.25, 0.3) is 5.91 Å². The van der Waals surface area contributed by atoms with Gasteiger partial charge in [-0.1, -0.05) is 19.3 Å². The van der Waals surface area contributed by atoms with Crippen LogP contribution in [0.2, 0.25) is 0 Å². The van der Waals surface area contributed by atoms with Crippen LogP contribution in [0.25, 0.3) is 0 Å². The summed E-state index contributed by atoms with van der Waals surface area (Å²) >= 11 is 0. The minimum atomic E-state index is -3.81. The SMILES string of the molecule is COc1ccc(C(=O)NCC2CCCCC2)cc1S(=O)(=O)NC(C)(C)C. The van der Waals surface area contributed by atoms with Gasteiger partial charge in [-0.25, -0.2) is 13.1 Å². The zero-order chi connectivity index (χ0) is 19.4. The molecule has 1 aliphatic carbocycles. The molecule has 1 aliphatic rings. The van der Waals surface area contributed by atoms with E-state index in [1.807, 2.05) is 0 Å². The topological polar surface area (TPSA) is 84.5 Å². The number of amides is 1. The molecule has 7 heteroatoms. The zero-order valence-corrected chi connectivity index (χ0v) is 16.9. The molecule has 0 bridgehead atoms. The van der Waals surface area contributed by atoms with Crippen LogP contribution in [-0.2, 0) is 10.0 Å². The van der Waals surface area contributed by atoms with Crippen molar-refractivity contribution in [2.24, 2.45) is 5.92 Å². The summed E-state index contributed by atoms with van der Waals surface area (Å²) in [6, 6.07) is 4.49. The van der Waals surface area contributed by atoms with E-state index in [0.717, 1.165) is 12.8 Å². The average Bonchev–Trinajstić information content (AvgIpc) is 2.58. The molecule has 1 aromatic rings. The molecule has 0 atom stereocenters. The van der Waals surface area contributed by atoms with Crippen molar-refractivity contribution in [1.82, 2.24) is 10.0 Å². The monoisotopic (exact) mass is 382 g/mol. The summed E-state index contributed by atoms with van der Waals surface area (Å²) in [5.41, 5.74) is -0.320. The molecule has 0 heterocycles. The zero-order valence-electron chi connectivity index (χ0n) is 16.1. The van der Waals surface area contributed by atoms with Gasteiger partial charge in [0.05, 0.1) is 7.11 Å². The second kappa shape index (κ2) is 8.39. The molecule has 0 spiro atoms. The molecule has 1 saturated carbocycles. The van der Waals surface area contributed by atoms with E-state index in [2.05, 4.69) is 10.0 Å². The Morgan fingerprint density at radius 3 is 2.42 bits per heavy atom. The Bertz CT molecular complexity index is 732. The molecule has 0 saturated heterocycles. The first-order valence-electron chi connectivity index (χ1n) is 9.12. The first-order chi connectivity index (χ1) is 12.1. The smallest absolute Gasteiger partial charge is 0.251 e. The van der Waals surface area contributed by atoms with E-state index < -0.39 is 15.6 Å². The number of methoxy groups -OCH3 is 1. The number of nitrogens with one attached hydrogen (secondary N) is 2. The van der Waals surface area contributed by atoms with E-state index in [4.69, 9.17) is 4.74 Å². The molecule has 0 unspecified atom stereocenters. The largest absolute Gasteiger partial charge is 0.495 e. The van der Waals surface area contributed by atoms with Gasteiger partial charge in [0.15, 0.2) is 0 Å². The lowest BCUT2D eigenvalue weighted by molar-refractivity contribution is 0.0943. The van der Waals surface area contributed by atoms with Gasteiger partial charge >= 0.3 is 0 Å². The Kier molecular flexibility index (Phi) is 6.69. The van der Waals surface area contributed by atoms with Crippen LogP contribution >= 0.6 is 0 Å². The molecule has 146 valence electrons. The van der Waals surface area contributed by atoms with Gasteiger partial charge in [-0.2, -0.15) is 0 Å². The summed E-state index contributed by atoms with van der Waals surface area (Å²) in [6.45, 7) is 5.92. The van der Waals surface area contributed by atoms with Crippen molar-refractivity contribution >= 4 is 15.9 Å². The fourth-order valence-electron chi connectivity index (χ4n) is 3.22. The minimum absolute atomic E-state index is 0.0276. The summed E-state index contributed by atoms with van der Waals surface area (Å²) in [4.78, 5) is 12.5. The van der Waals surface area contributed by atoms with Gasteiger partial charge in [0.2, 0.25) is 10.0 Å². The van der Waals surface area contributed by atoms with Crippen LogP contribution in [0.15, 0.2) is 23.1 Å². The van der Waals surface area contributed by atoms with Crippen LogP contribution in [0.3, 0.4) is 0 Å². The highest BCUT2D eigenvalue weighted by atomic mass is 32.2. The van der Waals surface area contributed by atoms with Crippen LogP contribution in [0.1, 0.15) is 63.2 Å². The summed E-state index contributed by atoms with van der Waals surface area (Å²) < 4.78 is 33.2. The molecule has 1 aromatic carbocycles. The first-order valence-corrected chi connectivity index (χ1v) is 10.6. The molecule has 1 amide bonds. The number of ether oxygens (including phenoxy) is 1. The highest BCUT2D eigenvalue weighted by Crippen LogP contribution is 2.26. The second-order valence-electron chi connectivity index (χ2n) is 7.94. The Morgan fingerprint density at radius 1 is 1.19 bits per heavy atom. The average molecular weight is 383 g/mol. The fraction of sp³-hybridized carbons (Fsp3) is 0.632. The van der Waals surface area contributed by atoms with E-state index in [0.29, 0.717) is 18.0 Å². The van der Waals surface area contributed by atoms with Crippen molar-refractivity contribution in [3.8, 4) is 5.75 Å². The number of hydrogen-bond acceptors (Lipinski definition) is 4. The number of benzene rings is 1. The summed E-state index contributed by atoms with van der Waals surface area (Å²) in [5, 5.41) is 2.94. The van der Waals surface area contributed by atoms with Gasteiger partial charge in [0.1, 0.15) is 10.6 Å². The molecule has 1 fully saturated rings. The maximum Gasteiger partial charge on any atom is 0.251 e. The van der Waals surface area contributed by atoms with Crippen molar-refractivity contribution in [3.63, 3.8) is 0 Å². The minimum Gasteiger partial charge on any atom is -0.495 e. The van der Waals surface area contributed by atoms with E-state index in [-0.39, 0.29) is 16.6 Å². The van der Waals surface area contributed by atoms with Gasteiger partial charge in [-0.3, -0.25) is 4.79 Å². The highest BCUT2D eigenvalue weighted by molar-refractivity contribution is 7.89. The Labute approximate surface area is 156 Å². The van der Waals surface area contributed by atoms with Gasteiger partial charge in [-0.05, 0) is 57.7 Å². The number of carbonyl (C=O) groups is 1. The van der Waals surface area contributed by atoms with Crippen LogP contribution in [0.4, 0.5) is 0 Å². The summed E-state index contributed by atoms with van der Waals surface area (Å²) in [6.07, 6.45) is 5.97. The van der Waals surface area contributed by atoms with Crippen molar-refractivity contribution in [1.29, 1.82) is 0 Å². The Morgan fingerprint density at radius 2 is 1.85 bits per heavy atom. The summed E-state index contributed by atoms with van der Waals surface area (Å²) in [7, 11) is -2.40. The van der Waals surface area contributed by atoms with Crippen LogP contribution in [0, 0.1) is 5.92 Å². The number of rotatable bonds is 6. The van der Waals surface area contributed by atoms with Gasteiger partial charge < -0.3 is 10.1 Å². The van der Waals surface area contributed by atoms with E-state index >= 15 is 0 Å². The van der Waals surface area contributed by atoms with Crippen molar-refractivity contribution in [2.45, 2.75) is 63.3 Å². The quantitative estimate of drug-likeness (QED) is 0.792. The molecule has 26 heavy (non-hydrogen) atoms. The molecule has 6 nitrogen and oxygen atoms in total. The maximum absolute atomic E-state index is 12.7. The Balaban J connectivity index is 2.18. The lowest BCUT2D eigenvalue weighted by Gasteiger charge is -2.22. The molecule has 0 aliphatic heterocycles.